The molecule has 1 aliphatic heterocycles. The van der Waals surface area contributed by atoms with Crippen molar-refractivity contribution >= 4 is 17.3 Å². The van der Waals surface area contributed by atoms with E-state index in [1.807, 2.05) is 6.07 Å². The van der Waals surface area contributed by atoms with Crippen LogP contribution < -0.4 is 16.0 Å². The Morgan fingerprint density at radius 2 is 2.35 bits per heavy atom. The lowest BCUT2D eigenvalue weighted by Gasteiger charge is -2.33. The maximum absolute atomic E-state index is 11.2. The molecule has 1 aromatic carbocycles. The van der Waals surface area contributed by atoms with Crippen LogP contribution in [0.2, 0.25) is 0 Å². The Hall–Kier alpha value is -2.66. The number of anilines is 1. The number of benzene rings is 1. The van der Waals surface area contributed by atoms with Gasteiger partial charge in [0.25, 0.3) is 5.69 Å². The normalized spacial score (nSPS) is 18.4. The minimum atomic E-state index is -0.543. The van der Waals surface area contributed by atoms with Crippen LogP contribution in [0.25, 0.3) is 0 Å². The van der Waals surface area contributed by atoms with E-state index in [0.29, 0.717) is 18.8 Å². The van der Waals surface area contributed by atoms with Gasteiger partial charge in [0.15, 0.2) is 0 Å². The van der Waals surface area contributed by atoms with Crippen LogP contribution in [0.4, 0.5) is 11.4 Å². The Morgan fingerprint density at radius 1 is 1.60 bits per heavy atom. The van der Waals surface area contributed by atoms with Gasteiger partial charge in [-0.15, -0.1) is 0 Å². The number of carbonyl (C=O) groups is 1. The molecule has 1 amide bonds. The van der Waals surface area contributed by atoms with Gasteiger partial charge in [0.05, 0.1) is 16.6 Å². The lowest BCUT2D eigenvalue weighted by molar-refractivity contribution is -0.384. The highest BCUT2D eigenvalue weighted by Gasteiger charge is 2.27. The third-order valence-electron chi connectivity index (χ3n) is 3.16. The number of amides is 1. The minimum absolute atomic E-state index is 0.144. The smallest absolute Gasteiger partial charge is 0.293 e. The molecular weight excluding hydrogens is 262 g/mol. The van der Waals surface area contributed by atoms with Crippen molar-refractivity contribution in [3.05, 3.63) is 33.9 Å². The number of hydrogen-bond donors (Lipinski definition) is 2. The summed E-state index contributed by atoms with van der Waals surface area (Å²) in [6, 6.07) is 5.61. The molecule has 0 aromatic heterocycles. The molecule has 8 heteroatoms. The Balaban J connectivity index is 2.34. The predicted octanol–water partition coefficient (Wildman–Crippen LogP) is -0.270. The number of nitrogens with zero attached hydrogens (tertiary/aromatic N) is 3. The lowest BCUT2D eigenvalue weighted by atomic mass is 10.1. The lowest BCUT2D eigenvalue weighted by Crippen LogP contribution is -2.56. The van der Waals surface area contributed by atoms with Crippen LogP contribution in [0, 0.1) is 21.4 Å². The zero-order valence-corrected chi connectivity index (χ0v) is 10.6. The van der Waals surface area contributed by atoms with E-state index in [1.54, 1.807) is 4.90 Å². The Kier molecular flexibility index (Phi) is 3.81. The van der Waals surface area contributed by atoms with Gasteiger partial charge in [-0.2, -0.15) is 5.26 Å². The Labute approximate surface area is 114 Å². The number of carbonyl (C=O) groups excluding carboxylic acids is 1. The number of nitrogens with one attached hydrogen (secondary N) is 1. The molecule has 1 aliphatic rings. The zero-order valence-electron chi connectivity index (χ0n) is 10.6. The molecule has 0 saturated carbocycles. The molecule has 0 spiro atoms. The molecule has 20 heavy (non-hydrogen) atoms. The van der Waals surface area contributed by atoms with Gasteiger partial charge >= 0.3 is 0 Å². The first kappa shape index (κ1) is 13.8. The van der Waals surface area contributed by atoms with Crippen molar-refractivity contribution in [2.24, 2.45) is 5.73 Å². The molecule has 2 rings (SSSR count). The second-order valence-corrected chi connectivity index (χ2v) is 4.43. The molecule has 1 heterocycles. The highest BCUT2D eigenvalue weighted by molar-refractivity contribution is 5.81. The van der Waals surface area contributed by atoms with Crippen LogP contribution in [0.15, 0.2) is 18.2 Å². The van der Waals surface area contributed by atoms with Crippen molar-refractivity contribution in [1.82, 2.24) is 5.32 Å². The molecule has 0 unspecified atom stereocenters. The van der Waals surface area contributed by atoms with E-state index in [1.165, 1.54) is 18.2 Å². The fourth-order valence-corrected chi connectivity index (χ4v) is 2.17. The Morgan fingerprint density at radius 3 is 2.95 bits per heavy atom. The Bertz CT molecular complexity index is 595. The fraction of sp³-hybridized carbons (Fsp3) is 0.333. The molecule has 1 aromatic rings. The van der Waals surface area contributed by atoms with Crippen LogP contribution in [0.3, 0.4) is 0 Å². The maximum Gasteiger partial charge on any atom is 0.293 e. The summed E-state index contributed by atoms with van der Waals surface area (Å²) in [6.45, 7) is 1.29. The number of rotatable bonds is 3. The molecule has 0 aliphatic carbocycles. The molecule has 0 radical (unpaired) electrons. The standard InChI is InChI=1S/C12H13N5O3/c13-6-8-1-2-10(11(5-8)17(19)20)16-4-3-15-9(7-16)12(14)18/h1-2,5,9,15H,3-4,7H2,(H2,14,18)/t9-/m1/s1. The number of primary amides is 1. The summed E-state index contributed by atoms with van der Waals surface area (Å²) >= 11 is 0. The molecule has 3 N–H and O–H groups in total. The summed E-state index contributed by atoms with van der Waals surface area (Å²) in [7, 11) is 0. The zero-order chi connectivity index (χ0) is 14.7. The van der Waals surface area contributed by atoms with E-state index in [0.717, 1.165) is 0 Å². The van der Waals surface area contributed by atoms with Crippen LogP contribution in [0.5, 0.6) is 0 Å². The van der Waals surface area contributed by atoms with Crippen LogP contribution in [-0.4, -0.2) is 36.5 Å². The molecule has 1 saturated heterocycles. The molecule has 1 fully saturated rings. The number of nitro groups is 1. The van der Waals surface area contributed by atoms with Gasteiger partial charge in [-0.25, -0.2) is 0 Å². The number of hydrogen-bond acceptors (Lipinski definition) is 6. The number of piperazine rings is 1. The van der Waals surface area contributed by atoms with Gasteiger partial charge in [-0.3, -0.25) is 14.9 Å². The van der Waals surface area contributed by atoms with E-state index in [-0.39, 0.29) is 17.8 Å². The predicted molar refractivity (Wildman–Crippen MR) is 71.0 cm³/mol. The summed E-state index contributed by atoms with van der Waals surface area (Å²) < 4.78 is 0. The summed E-state index contributed by atoms with van der Waals surface area (Å²) in [6.07, 6.45) is 0. The van der Waals surface area contributed by atoms with E-state index in [4.69, 9.17) is 11.0 Å². The first-order chi connectivity index (χ1) is 9.52. The number of nitro benzene ring substituents is 1. The van der Waals surface area contributed by atoms with Crippen LogP contribution >= 0.6 is 0 Å². The number of nitriles is 1. The molecule has 0 bridgehead atoms. The fourth-order valence-electron chi connectivity index (χ4n) is 2.17. The van der Waals surface area contributed by atoms with Crippen molar-refractivity contribution in [3.8, 4) is 6.07 Å². The van der Waals surface area contributed by atoms with Gasteiger partial charge in [-0.1, -0.05) is 0 Å². The maximum atomic E-state index is 11.2. The average molecular weight is 275 g/mol. The largest absolute Gasteiger partial charge is 0.368 e. The third-order valence-corrected chi connectivity index (χ3v) is 3.16. The molecule has 1 atom stereocenters. The SMILES string of the molecule is N#Cc1ccc(N2CCN[C@@H](C(N)=O)C2)c([N+](=O)[O-])c1. The third kappa shape index (κ3) is 2.67. The van der Waals surface area contributed by atoms with Crippen molar-refractivity contribution < 1.29 is 9.72 Å². The van der Waals surface area contributed by atoms with E-state index < -0.39 is 16.9 Å². The summed E-state index contributed by atoms with van der Waals surface area (Å²) in [4.78, 5) is 23.5. The van der Waals surface area contributed by atoms with Gasteiger partial charge in [0.1, 0.15) is 11.7 Å². The van der Waals surface area contributed by atoms with E-state index >= 15 is 0 Å². The van der Waals surface area contributed by atoms with Gasteiger partial charge in [0, 0.05) is 25.7 Å². The van der Waals surface area contributed by atoms with Crippen molar-refractivity contribution in [3.63, 3.8) is 0 Å². The highest BCUT2D eigenvalue weighted by atomic mass is 16.6. The molecular formula is C12H13N5O3. The minimum Gasteiger partial charge on any atom is -0.368 e. The highest BCUT2D eigenvalue weighted by Crippen LogP contribution is 2.29. The summed E-state index contributed by atoms with van der Waals surface area (Å²) in [5, 5.41) is 22.9. The quantitative estimate of drug-likeness (QED) is 0.577. The van der Waals surface area contributed by atoms with Crippen LogP contribution in [0.1, 0.15) is 5.56 Å². The van der Waals surface area contributed by atoms with Crippen molar-refractivity contribution in [2.75, 3.05) is 24.5 Å². The first-order valence-corrected chi connectivity index (χ1v) is 5.99. The average Bonchev–Trinajstić information content (AvgIpc) is 2.46. The molecule has 104 valence electrons. The van der Waals surface area contributed by atoms with Gasteiger partial charge in [-0.05, 0) is 12.1 Å². The number of nitrogens with two attached hydrogens (primary N) is 1. The van der Waals surface area contributed by atoms with Crippen molar-refractivity contribution in [1.29, 1.82) is 5.26 Å². The molecule has 8 nitrogen and oxygen atoms in total. The topological polar surface area (TPSA) is 125 Å². The van der Waals surface area contributed by atoms with E-state index in [9.17, 15) is 14.9 Å². The summed E-state index contributed by atoms with van der Waals surface area (Å²) in [5.74, 6) is -0.494. The second kappa shape index (κ2) is 5.54. The monoisotopic (exact) mass is 275 g/mol. The van der Waals surface area contributed by atoms with Gasteiger partial charge in [0.2, 0.25) is 5.91 Å². The second-order valence-electron chi connectivity index (χ2n) is 4.43. The van der Waals surface area contributed by atoms with Crippen LogP contribution in [-0.2, 0) is 4.79 Å². The van der Waals surface area contributed by atoms with E-state index in [2.05, 4.69) is 5.32 Å². The van der Waals surface area contributed by atoms with Crippen molar-refractivity contribution in [2.45, 2.75) is 6.04 Å². The van der Waals surface area contributed by atoms with Gasteiger partial charge < -0.3 is 16.0 Å². The first-order valence-electron chi connectivity index (χ1n) is 5.99. The summed E-state index contributed by atoms with van der Waals surface area (Å²) in [5.41, 5.74) is 5.72.